The number of nitrogens with zero attached hydrogens (tertiary/aromatic N) is 2. The fourth-order valence-electron chi connectivity index (χ4n) is 2.87. The first-order valence-corrected chi connectivity index (χ1v) is 7.05. The number of halogens is 3. The molecule has 0 saturated carbocycles. The summed E-state index contributed by atoms with van der Waals surface area (Å²) in [7, 11) is 1.94. The van der Waals surface area contributed by atoms with E-state index in [0.717, 1.165) is 19.2 Å². The molecule has 0 aliphatic carbocycles. The minimum atomic E-state index is -4.57. The second kappa shape index (κ2) is 5.79. The summed E-state index contributed by atoms with van der Waals surface area (Å²) in [5.41, 5.74) is -0.489. The van der Waals surface area contributed by atoms with E-state index in [9.17, 15) is 23.1 Å². The predicted molar refractivity (Wildman–Crippen MR) is 77.4 cm³/mol. The van der Waals surface area contributed by atoms with Gasteiger partial charge in [-0.15, -0.1) is 0 Å². The van der Waals surface area contributed by atoms with Crippen LogP contribution in [0.1, 0.15) is 28.4 Å². The molecule has 1 aliphatic heterocycles. The highest BCUT2D eigenvalue weighted by molar-refractivity contribution is 5.91. The Bertz CT molecular complexity index is 581. The Morgan fingerprint density at radius 2 is 2.00 bits per heavy atom. The fraction of sp³-hybridized carbons (Fsp3) is 0.533. The zero-order valence-electron chi connectivity index (χ0n) is 12.7. The van der Waals surface area contributed by atoms with Crippen molar-refractivity contribution in [2.45, 2.75) is 26.1 Å². The summed E-state index contributed by atoms with van der Waals surface area (Å²) in [6.45, 7) is 5.46. The highest BCUT2D eigenvalue weighted by Crippen LogP contribution is 2.36. The molecule has 1 aromatic carbocycles. The molecule has 0 spiro atoms. The summed E-state index contributed by atoms with van der Waals surface area (Å²) in [5, 5.41) is 9.19. The lowest BCUT2D eigenvalue weighted by molar-refractivity contribution is -0.137. The largest absolute Gasteiger partial charge is 0.478 e. The molecule has 1 aliphatic rings. The zero-order valence-corrected chi connectivity index (χ0v) is 12.7. The highest BCUT2D eigenvalue weighted by Gasteiger charge is 2.35. The second-order valence-electron chi connectivity index (χ2n) is 5.63. The molecule has 1 saturated heterocycles. The molecule has 0 unspecified atom stereocenters. The number of hydrogen-bond acceptors (Lipinski definition) is 3. The van der Waals surface area contributed by atoms with Gasteiger partial charge in [0.15, 0.2) is 0 Å². The summed E-state index contributed by atoms with van der Waals surface area (Å²) in [5.74, 6) is -1.34. The van der Waals surface area contributed by atoms with Crippen LogP contribution in [-0.2, 0) is 6.18 Å². The lowest BCUT2D eigenvalue weighted by Gasteiger charge is -2.45. The van der Waals surface area contributed by atoms with Gasteiger partial charge in [0.25, 0.3) is 0 Å². The van der Waals surface area contributed by atoms with Gasteiger partial charge in [-0.2, -0.15) is 13.2 Å². The number of likely N-dealkylation sites (tertiary alicyclic amines) is 1. The normalized spacial score (nSPS) is 16.5. The Labute approximate surface area is 127 Å². The molecule has 1 heterocycles. The van der Waals surface area contributed by atoms with Crippen LogP contribution in [0.5, 0.6) is 0 Å². The summed E-state index contributed by atoms with van der Waals surface area (Å²) in [6, 6.07) is 1.88. The summed E-state index contributed by atoms with van der Waals surface area (Å²) < 4.78 is 39.1. The first kappa shape index (κ1) is 16.6. The maximum atomic E-state index is 13.0. The van der Waals surface area contributed by atoms with Crippen LogP contribution in [-0.4, -0.2) is 48.7 Å². The zero-order chi connectivity index (χ0) is 16.7. The predicted octanol–water partition coefficient (Wildman–Crippen LogP) is 2.85. The standard InChI is InChI=1S/C15H19F3N2O2/c1-4-20(11-7-19(3)8-11)13-6-10(15(16,17)18)5-12(9(13)2)14(21)22/h5-6,11H,4,7-8H2,1-3H3,(H,21,22). The molecule has 122 valence electrons. The average molecular weight is 316 g/mol. The topological polar surface area (TPSA) is 43.8 Å². The molecule has 0 radical (unpaired) electrons. The van der Waals surface area contributed by atoms with Crippen molar-refractivity contribution in [2.24, 2.45) is 0 Å². The van der Waals surface area contributed by atoms with Crippen LogP contribution < -0.4 is 4.90 Å². The van der Waals surface area contributed by atoms with Crippen LogP contribution in [0.2, 0.25) is 0 Å². The molecule has 2 rings (SSSR count). The van der Waals surface area contributed by atoms with E-state index in [-0.39, 0.29) is 11.6 Å². The van der Waals surface area contributed by atoms with Crippen molar-refractivity contribution in [1.82, 2.24) is 4.90 Å². The number of anilines is 1. The smallest absolute Gasteiger partial charge is 0.416 e. The van der Waals surface area contributed by atoms with Gasteiger partial charge in [-0.3, -0.25) is 0 Å². The van der Waals surface area contributed by atoms with Gasteiger partial charge in [-0.25, -0.2) is 4.79 Å². The van der Waals surface area contributed by atoms with E-state index >= 15 is 0 Å². The van der Waals surface area contributed by atoms with Crippen LogP contribution in [0.3, 0.4) is 0 Å². The maximum Gasteiger partial charge on any atom is 0.416 e. The molecule has 0 amide bonds. The van der Waals surface area contributed by atoms with Gasteiger partial charge in [-0.05, 0) is 38.6 Å². The molecule has 22 heavy (non-hydrogen) atoms. The van der Waals surface area contributed by atoms with Crippen LogP contribution in [0.15, 0.2) is 12.1 Å². The van der Waals surface area contributed by atoms with Gasteiger partial charge in [0, 0.05) is 25.3 Å². The number of alkyl halides is 3. The SMILES string of the molecule is CCN(c1cc(C(F)(F)F)cc(C(=O)O)c1C)C1CN(C)C1. The Hall–Kier alpha value is -1.76. The number of likely N-dealkylation sites (N-methyl/N-ethyl adjacent to an activating group) is 2. The van der Waals surface area contributed by atoms with E-state index in [4.69, 9.17) is 0 Å². The quantitative estimate of drug-likeness (QED) is 0.928. The van der Waals surface area contributed by atoms with Crippen molar-refractivity contribution < 1.29 is 23.1 Å². The van der Waals surface area contributed by atoms with Crippen molar-refractivity contribution in [3.63, 3.8) is 0 Å². The van der Waals surface area contributed by atoms with E-state index < -0.39 is 17.7 Å². The van der Waals surface area contributed by atoms with Crippen molar-refractivity contribution in [2.75, 3.05) is 31.6 Å². The van der Waals surface area contributed by atoms with Crippen LogP contribution in [0.25, 0.3) is 0 Å². The van der Waals surface area contributed by atoms with Gasteiger partial charge in [0.2, 0.25) is 0 Å². The number of carboxylic acids is 1. The van der Waals surface area contributed by atoms with Crippen LogP contribution in [0, 0.1) is 6.92 Å². The fourth-order valence-corrected chi connectivity index (χ4v) is 2.87. The minimum Gasteiger partial charge on any atom is -0.478 e. The number of rotatable bonds is 4. The molecule has 1 aromatic rings. The number of aromatic carboxylic acids is 1. The summed E-state index contributed by atoms with van der Waals surface area (Å²) in [6.07, 6.45) is -4.57. The number of hydrogen-bond donors (Lipinski definition) is 1. The summed E-state index contributed by atoms with van der Waals surface area (Å²) in [4.78, 5) is 15.2. The molecule has 4 nitrogen and oxygen atoms in total. The monoisotopic (exact) mass is 316 g/mol. The van der Waals surface area contributed by atoms with Crippen LogP contribution in [0.4, 0.5) is 18.9 Å². The lowest BCUT2D eigenvalue weighted by atomic mass is 9.99. The Kier molecular flexibility index (Phi) is 4.37. The highest BCUT2D eigenvalue weighted by atomic mass is 19.4. The van der Waals surface area contributed by atoms with Crippen molar-refractivity contribution >= 4 is 11.7 Å². The minimum absolute atomic E-state index is 0.110. The van der Waals surface area contributed by atoms with E-state index in [1.807, 2.05) is 18.9 Å². The van der Waals surface area contributed by atoms with Gasteiger partial charge >= 0.3 is 12.1 Å². The first-order valence-electron chi connectivity index (χ1n) is 7.05. The first-order chi connectivity index (χ1) is 10.1. The van der Waals surface area contributed by atoms with Crippen LogP contribution >= 0.6 is 0 Å². The number of carbonyl (C=O) groups is 1. The molecule has 0 aromatic heterocycles. The number of carboxylic acid groups (broad SMARTS) is 1. The molecule has 7 heteroatoms. The molecule has 1 fully saturated rings. The van der Waals surface area contributed by atoms with Crippen molar-refractivity contribution in [3.05, 3.63) is 28.8 Å². The molecular weight excluding hydrogens is 297 g/mol. The van der Waals surface area contributed by atoms with E-state index in [1.165, 1.54) is 0 Å². The summed E-state index contributed by atoms with van der Waals surface area (Å²) >= 11 is 0. The van der Waals surface area contributed by atoms with E-state index in [0.29, 0.717) is 23.9 Å². The van der Waals surface area contributed by atoms with Gasteiger partial charge in [-0.1, -0.05) is 0 Å². The van der Waals surface area contributed by atoms with Gasteiger partial charge in [0.05, 0.1) is 17.2 Å². The lowest BCUT2D eigenvalue weighted by Crippen LogP contribution is -2.58. The number of benzene rings is 1. The Morgan fingerprint density at radius 3 is 2.41 bits per heavy atom. The van der Waals surface area contributed by atoms with E-state index in [1.54, 1.807) is 6.92 Å². The molecule has 0 bridgehead atoms. The van der Waals surface area contributed by atoms with Gasteiger partial charge in [0.1, 0.15) is 0 Å². The van der Waals surface area contributed by atoms with E-state index in [2.05, 4.69) is 4.90 Å². The van der Waals surface area contributed by atoms with Crippen molar-refractivity contribution in [1.29, 1.82) is 0 Å². The second-order valence-corrected chi connectivity index (χ2v) is 5.63. The molecular formula is C15H19F3N2O2. The Balaban J connectivity index is 2.53. The molecule has 0 atom stereocenters. The third kappa shape index (κ3) is 3.04. The van der Waals surface area contributed by atoms with Crippen molar-refractivity contribution in [3.8, 4) is 0 Å². The third-order valence-corrected chi connectivity index (χ3v) is 4.07. The molecule has 1 N–H and O–H groups in total. The Morgan fingerprint density at radius 1 is 1.41 bits per heavy atom. The average Bonchev–Trinajstić information content (AvgIpc) is 2.37. The maximum absolute atomic E-state index is 13.0. The van der Waals surface area contributed by atoms with Gasteiger partial charge < -0.3 is 14.9 Å². The third-order valence-electron chi connectivity index (χ3n) is 4.07.